The summed E-state index contributed by atoms with van der Waals surface area (Å²) in [4.78, 5) is 14.8. The van der Waals surface area contributed by atoms with Gasteiger partial charge in [0.1, 0.15) is 12.4 Å². The van der Waals surface area contributed by atoms with Crippen molar-refractivity contribution in [2.24, 2.45) is 0 Å². The van der Waals surface area contributed by atoms with Crippen LogP contribution in [0.4, 0.5) is 0 Å². The Labute approximate surface area is 119 Å². The minimum atomic E-state index is -0.898. The molecule has 1 aromatic rings. The number of likely N-dealkylation sites (N-methyl/N-ethyl adjacent to an activating group) is 1. The molecular formula is C14H23NO3S. The van der Waals surface area contributed by atoms with Crippen molar-refractivity contribution >= 4 is 17.3 Å². The van der Waals surface area contributed by atoms with Gasteiger partial charge in [-0.05, 0) is 25.6 Å². The van der Waals surface area contributed by atoms with Gasteiger partial charge in [0.25, 0.3) is 0 Å². The van der Waals surface area contributed by atoms with E-state index in [1.165, 1.54) is 11.3 Å². The van der Waals surface area contributed by atoms with Gasteiger partial charge >= 0.3 is 5.97 Å². The van der Waals surface area contributed by atoms with Gasteiger partial charge in [-0.3, -0.25) is 0 Å². The molecule has 0 aliphatic rings. The van der Waals surface area contributed by atoms with Crippen LogP contribution in [-0.2, 0) is 6.42 Å². The summed E-state index contributed by atoms with van der Waals surface area (Å²) in [5.41, 5.74) is 0. The van der Waals surface area contributed by atoms with E-state index in [0.29, 0.717) is 17.2 Å². The van der Waals surface area contributed by atoms with E-state index < -0.39 is 5.97 Å². The molecule has 0 bridgehead atoms. The third kappa shape index (κ3) is 4.84. The Bertz CT molecular complexity index is 399. The van der Waals surface area contributed by atoms with Crippen LogP contribution in [0, 0.1) is 0 Å². The second kappa shape index (κ2) is 8.17. The third-order valence-electron chi connectivity index (χ3n) is 3.00. The highest BCUT2D eigenvalue weighted by molar-refractivity contribution is 7.14. The standard InChI is InChI=1S/C14H23NO3S/c1-4-7-11-10-12(13(19-11)14(16)17)18-9-8-15(5-2)6-3/h10H,4-9H2,1-3H3,(H,16,17). The van der Waals surface area contributed by atoms with Gasteiger partial charge in [-0.25, -0.2) is 4.79 Å². The highest BCUT2D eigenvalue weighted by Crippen LogP contribution is 2.30. The molecule has 0 unspecified atom stereocenters. The van der Waals surface area contributed by atoms with Crippen molar-refractivity contribution in [3.05, 3.63) is 15.8 Å². The van der Waals surface area contributed by atoms with E-state index in [1.54, 1.807) is 0 Å². The number of ether oxygens (including phenoxy) is 1. The van der Waals surface area contributed by atoms with E-state index in [1.807, 2.05) is 6.07 Å². The summed E-state index contributed by atoms with van der Waals surface area (Å²) in [6.45, 7) is 9.62. The molecule has 0 fully saturated rings. The van der Waals surface area contributed by atoms with Crippen LogP contribution in [0.1, 0.15) is 41.7 Å². The highest BCUT2D eigenvalue weighted by Gasteiger charge is 2.16. The SMILES string of the molecule is CCCc1cc(OCCN(CC)CC)c(C(=O)O)s1. The topological polar surface area (TPSA) is 49.8 Å². The van der Waals surface area contributed by atoms with Gasteiger partial charge in [0.05, 0.1) is 0 Å². The van der Waals surface area contributed by atoms with Gasteiger partial charge in [0.15, 0.2) is 4.88 Å². The van der Waals surface area contributed by atoms with Crippen molar-refractivity contribution < 1.29 is 14.6 Å². The number of hydrogen-bond acceptors (Lipinski definition) is 4. The van der Waals surface area contributed by atoms with Crippen LogP contribution in [0.15, 0.2) is 6.07 Å². The van der Waals surface area contributed by atoms with E-state index in [2.05, 4.69) is 25.7 Å². The Kier molecular flexibility index (Phi) is 6.87. The molecule has 1 heterocycles. The minimum absolute atomic E-state index is 0.322. The van der Waals surface area contributed by atoms with Crippen molar-refractivity contribution in [1.82, 2.24) is 4.90 Å². The van der Waals surface area contributed by atoms with Crippen LogP contribution in [0.25, 0.3) is 0 Å². The third-order valence-corrected chi connectivity index (χ3v) is 4.16. The molecule has 0 saturated heterocycles. The maximum Gasteiger partial charge on any atom is 0.349 e. The molecule has 108 valence electrons. The van der Waals surface area contributed by atoms with Crippen molar-refractivity contribution in [2.45, 2.75) is 33.6 Å². The lowest BCUT2D eigenvalue weighted by Gasteiger charge is -2.17. The molecule has 0 amide bonds. The number of carbonyl (C=O) groups is 1. The lowest BCUT2D eigenvalue weighted by Crippen LogP contribution is -2.28. The predicted octanol–water partition coefficient (Wildman–Crippen LogP) is 3.12. The van der Waals surface area contributed by atoms with E-state index >= 15 is 0 Å². The number of nitrogens with zero attached hydrogens (tertiary/aromatic N) is 1. The Morgan fingerprint density at radius 3 is 2.58 bits per heavy atom. The zero-order valence-electron chi connectivity index (χ0n) is 11.9. The lowest BCUT2D eigenvalue weighted by molar-refractivity contribution is 0.0697. The van der Waals surface area contributed by atoms with Crippen LogP contribution < -0.4 is 4.74 Å². The largest absolute Gasteiger partial charge is 0.490 e. The molecule has 1 aromatic heterocycles. The summed E-state index contributed by atoms with van der Waals surface area (Å²) < 4.78 is 5.65. The average Bonchev–Trinajstić information content (AvgIpc) is 2.78. The molecule has 0 aliphatic carbocycles. The Balaban J connectivity index is 2.63. The summed E-state index contributed by atoms with van der Waals surface area (Å²) in [5, 5.41) is 9.17. The number of aromatic carboxylic acids is 1. The minimum Gasteiger partial charge on any atom is -0.490 e. The van der Waals surface area contributed by atoms with Crippen molar-refractivity contribution in [1.29, 1.82) is 0 Å². The van der Waals surface area contributed by atoms with Crippen molar-refractivity contribution in [2.75, 3.05) is 26.2 Å². The summed E-state index contributed by atoms with van der Waals surface area (Å²) >= 11 is 1.32. The van der Waals surface area contributed by atoms with Crippen molar-refractivity contribution in [3.8, 4) is 5.75 Å². The molecular weight excluding hydrogens is 262 g/mol. The highest BCUT2D eigenvalue weighted by atomic mass is 32.1. The monoisotopic (exact) mass is 285 g/mol. The quantitative estimate of drug-likeness (QED) is 0.757. The first-order valence-corrected chi connectivity index (χ1v) is 7.65. The molecule has 0 saturated carbocycles. The van der Waals surface area contributed by atoms with E-state index in [4.69, 9.17) is 9.84 Å². The molecule has 19 heavy (non-hydrogen) atoms. The second-order valence-electron chi connectivity index (χ2n) is 4.34. The number of carboxylic acids is 1. The first-order chi connectivity index (χ1) is 9.12. The first-order valence-electron chi connectivity index (χ1n) is 6.83. The maximum absolute atomic E-state index is 11.2. The molecule has 0 atom stereocenters. The maximum atomic E-state index is 11.2. The predicted molar refractivity (Wildman–Crippen MR) is 78.6 cm³/mol. The lowest BCUT2D eigenvalue weighted by atomic mass is 10.3. The van der Waals surface area contributed by atoms with Crippen LogP contribution in [0.2, 0.25) is 0 Å². The van der Waals surface area contributed by atoms with E-state index in [-0.39, 0.29) is 0 Å². The molecule has 0 spiro atoms. The van der Waals surface area contributed by atoms with Crippen LogP contribution in [0.3, 0.4) is 0 Å². The molecule has 4 nitrogen and oxygen atoms in total. The normalized spacial score (nSPS) is 10.9. The number of aryl methyl sites for hydroxylation is 1. The molecule has 5 heteroatoms. The molecule has 0 aromatic carbocycles. The average molecular weight is 285 g/mol. The number of rotatable bonds is 9. The Morgan fingerprint density at radius 2 is 2.05 bits per heavy atom. The first kappa shape index (κ1) is 16.0. The summed E-state index contributed by atoms with van der Waals surface area (Å²) in [6.07, 6.45) is 1.92. The van der Waals surface area contributed by atoms with Gasteiger partial charge in [-0.2, -0.15) is 0 Å². The summed E-state index contributed by atoms with van der Waals surface area (Å²) in [7, 11) is 0. The zero-order chi connectivity index (χ0) is 14.3. The second-order valence-corrected chi connectivity index (χ2v) is 5.47. The van der Waals surface area contributed by atoms with Crippen molar-refractivity contribution in [3.63, 3.8) is 0 Å². The number of carboxylic acid groups (broad SMARTS) is 1. The zero-order valence-corrected chi connectivity index (χ0v) is 12.8. The Morgan fingerprint density at radius 1 is 1.37 bits per heavy atom. The number of hydrogen-bond donors (Lipinski definition) is 1. The molecule has 1 N–H and O–H groups in total. The molecule has 1 rings (SSSR count). The van der Waals surface area contributed by atoms with Gasteiger partial charge < -0.3 is 14.7 Å². The van der Waals surface area contributed by atoms with Crippen LogP contribution in [0.5, 0.6) is 5.75 Å². The molecule has 0 aliphatic heterocycles. The fraction of sp³-hybridized carbons (Fsp3) is 0.643. The Hall–Kier alpha value is -1.07. The van der Waals surface area contributed by atoms with Crippen LogP contribution >= 0.6 is 11.3 Å². The van der Waals surface area contributed by atoms with E-state index in [9.17, 15) is 4.79 Å². The summed E-state index contributed by atoms with van der Waals surface area (Å²) in [5.74, 6) is -0.377. The number of thiophene rings is 1. The smallest absolute Gasteiger partial charge is 0.349 e. The van der Waals surface area contributed by atoms with Gasteiger partial charge in [0, 0.05) is 11.4 Å². The summed E-state index contributed by atoms with van der Waals surface area (Å²) in [6, 6.07) is 1.87. The fourth-order valence-corrected chi connectivity index (χ4v) is 2.91. The van der Waals surface area contributed by atoms with Gasteiger partial charge in [-0.1, -0.05) is 27.2 Å². The fourth-order valence-electron chi connectivity index (χ4n) is 1.87. The molecule has 0 radical (unpaired) electrons. The van der Waals surface area contributed by atoms with Gasteiger partial charge in [-0.15, -0.1) is 11.3 Å². The van der Waals surface area contributed by atoms with E-state index in [0.717, 1.165) is 37.4 Å². The van der Waals surface area contributed by atoms with Crippen LogP contribution in [-0.4, -0.2) is 42.2 Å². The van der Waals surface area contributed by atoms with Gasteiger partial charge in [0.2, 0.25) is 0 Å².